The number of carbonyl (C=O) groups excluding carboxylic acids is 1. The Kier molecular flexibility index (Phi) is 5.60. The molecule has 1 aromatic heterocycles. The second-order valence-electron chi connectivity index (χ2n) is 7.61. The maximum atomic E-state index is 13.0. The molecule has 1 aliphatic rings. The number of nitrogens with one attached hydrogen (secondary N) is 1. The van der Waals surface area contributed by atoms with Crippen molar-refractivity contribution in [2.45, 2.75) is 39.2 Å². The van der Waals surface area contributed by atoms with Gasteiger partial charge >= 0.3 is 6.01 Å². The molecule has 0 saturated carbocycles. The fraction of sp³-hybridized carbons (Fsp3) is 0.348. The monoisotopic (exact) mass is 390 g/mol. The molecular formula is C23H26N4O2. The number of anilines is 1. The SMILES string of the molecule is Cc1ccc(C(=O)N[C@@H](c2ccccc2)c2nnc(N3CCCCC3)o2)c(C)c1. The van der Waals surface area contributed by atoms with Crippen LogP contribution in [-0.4, -0.2) is 29.2 Å². The normalized spacial score (nSPS) is 15.2. The van der Waals surface area contributed by atoms with Crippen molar-refractivity contribution in [1.29, 1.82) is 0 Å². The van der Waals surface area contributed by atoms with E-state index >= 15 is 0 Å². The van der Waals surface area contributed by atoms with Gasteiger partial charge in [0.05, 0.1) is 0 Å². The van der Waals surface area contributed by atoms with E-state index in [1.165, 1.54) is 6.42 Å². The molecule has 0 bridgehead atoms. The lowest BCUT2D eigenvalue weighted by molar-refractivity contribution is 0.0937. The summed E-state index contributed by atoms with van der Waals surface area (Å²) in [5.74, 6) is 0.240. The molecule has 150 valence electrons. The van der Waals surface area contributed by atoms with Gasteiger partial charge in [-0.3, -0.25) is 4.79 Å². The van der Waals surface area contributed by atoms with Gasteiger partial charge in [0.2, 0.25) is 5.89 Å². The summed E-state index contributed by atoms with van der Waals surface area (Å²) in [7, 11) is 0. The van der Waals surface area contributed by atoms with Gasteiger partial charge in [-0.2, -0.15) is 0 Å². The Labute approximate surface area is 170 Å². The summed E-state index contributed by atoms with van der Waals surface area (Å²) >= 11 is 0. The van der Waals surface area contributed by atoms with Crippen molar-refractivity contribution in [3.8, 4) is 0 Å². The van der Waals surface area contributed by atoms with Crippen molar-refractivity contribution in [2.75, 3.05) is 18.0 Å². The van der Waals surface area contributed by atoms with E-state index in [2.05, 4.69) is 20.4 Å². The van der Waals surface area contributed by atoms with Crippen LogP contribution in [0.15, 0.2) is 52.9 Å². The quantitative estimate of drug-likeness (QED) is 0.707. The average molecular weight is 390 g/mol. The minimum absolute atomic E-state index is 0.158. The molecule has 1 N–H and O–H groups in total. The van der Waals surface area contributed by atoms with Crippen molar-refractivity contribution >= 4 is 11.9 Å². The molecule has 6 heteroatoms. The summed E-state index contributed by atoms with van der Waals surface area (Å²) in [6, 6.07) is 15.6. The zero-order valence-electron chi connectivity index (χ0n) is 16.9. The number of benzene rings is 2. The molecule has 3 aromatic rings. The average Bonchev–Trinajstić information content (AvgIpc) is 3.23. The van der Waals surface area contributed by atoms with Gasteiger partial charge in [-0.25, -0.2) is 0 Å². The largest absolute Gasteiger partial charge is 0.405 e. The van der Waals surface area contributed by atoms with Crippen molar-refractivity contribution in [3.05, 3.63) is 76.7 Å². The number of hydrogen-bond donors (Lipinski definition) is 1. The third kappa shape index (κ3) is 4.31. The van der Waals surface area contributed by atoms with Gasteiger partial charge in [0.15, 0.2) is 0 Å². The number of aromatic nitrogens is 2. The summed E-state index contributed by atoms with van der Waals surface area (Å²) in [4.78, 5) is 15.2. The topological polar surface area (TPSA) is 71.3 Å². The molecule has 4 rings (SSSR count). The molecule has 0 unspecified atom stereocenters. The van der Waals surface area contributed by atoms with Crippen LogP contribution >= 0.6 is 0 Å². The highest BCUT2D eigenvalue weighted by atomic mass is 16.4. The summed E-state index contributed by atoms with van der Waals surface area (Å²) in [6.07, 6.45) is 3.49. The van der Waals surface area contributed by atoms with Gasteiger partial charge in [0.25, 0.3) is 5.91 Å². The van der Waals surface area contributed by atoms with Gasteiger partial charge in [-0.05, 0) is 50.3 Å². The Morgan fingerprint density at radius 1 is 1.03 bits per heavy atom. The number of rotatable bonds is 5. The first-order valence-electron chi connectivity index (χ1n) is 10.1. The molecule has 1 aliphatic heterocycles. The van der Waals surface area contributed by atoms with Gasteiger partial charge in [0, 0.05) is 18.7 Å². The van der Waals surface area contributed by atoms with E-state index in [0.717, 1.165) is 42.6 Å². The standard InChI is InChI=1S/C23H26N4O2/c1-16-11-12-19(17(2)15-16)21(28)24-20(18-9-5-3-6-10-18)22-25-26-23(29-22)27-13-7-4-8-14-27/h3,5-6,9-12,15,20H,4,7-8,13-14H2,1-2H3,(H,24,28)/t20-/m0/s1. The van der Waals surface area contributed by atoms with Crippen molar-refractivity contribution in [3.63, 3.8) is 0 Å². The van der Waals surface area contributed by atoms with Gasteiger partial charge in [-0.1, -0.05) is 53.1 Å². The van der Waals surface area contributed by atoms with Crippen LogP contribution in [0.5, 0.6) is 0 Å². The van der Waals surface area contributed by atoms with E-state index in [0.29, 0.717) is 17.5 Å². The zero-order chi connectivity index (χ0) is 20.2. The van der Waals surface area contributed by atoms with Crippen LogP contribution in [0, 0.1) is 13.8 Å². The maximum absolute atomic E-state index is 13.0. The third-order valence-electron chi connectivity index (χ3n) is 5.34. The minimum Gasteiger partial charge on any atom is -0.405 e. The van der Waals surface area contributed by atoms with Crippen molar-refractivity contribution in [2.24, 2.45) is 0 Å². The maximum Gasteiger partial charge on any atom is 0.318 e. The molecular weight excluding hydrogens is 364 g/mol. The molecule has 29 heavy (non-hydrogen) atoms. The van der Waals surface area contributed by atoms with Crippen LogP contribution < -0.4 is 10.2 Å². The second kappa shape index (κ2) is 8.47. The first-order chi connectivity index (χ1) is 14.1. The van der Waals surface area contributed by atoms with Gasteiger partial charge in [-0.15, -0.1) is 5.10 Å². The van der Waals surface area contributed by atoms with Crippen LogP contribution in [0.4, 0.5) is 6.01 Å². The number of piperidine rings is 1. The summed E-state index contributed by atoms with van der Waals surface area (Å²) in [5, 5.41) is 11.6. The molecule has 2 aromatic carbocycles. The van der Waals surface area contributed by atoms with E-state index in [-0.39, 0.29) is 5.91 Å². The molecule has 2 heterocycles. The van der Waals surface area contributed by atoms with E-state index in [9.17, 15) is 4.79 Å². The lowest BCUT2D eigenvalue weighted by atomic mass is 10.0. The first kappa shape index (κ1) is 19.2. The zero-order valence-corrected chi connectivity index (χ0v) is 16.9. The Bertz CT molecular complexity index is 978. The highest BCUT2D eigenvalue weighted by Crippen LogP contribution is 2.26. The molecule has 1 fully saturated rings. The first-order valence-corrected chi connectivity index (χ1v) is 10.1. The predicted octanol–water partition coefficient (Wildman–Crippen LogP) is 4.20. The molecule has 0 aliphatic carbocycles. The highest BCUT2D eigenvalue weighted by molar-refractivity contribution is 5.96. The summed E-state index contributed by atoms with van der Waals surface area (Å²) < 4.78 is 6.01. The molecule has 1 amide bonds. The lowest BCUT2D eigenvalue weighted by Crippen LogP contribution is -2.30. The van der Waals surface area contributed by atoms with E-state index in [1.807, 2.05) is 62.4 Å². The Morgan fingerprint density at radius 3 is 2.52 bits per heavy atom. The van der Waals surface area contributed by atoms with Crippen molar-refractivity contribution < 1.29 is 9.21 Å². The molecule has 6 nitrogen and oxygen atoms in total. The van der Waals surface area contributed by atoms with Gasteiger partial charge < -0.3 is 14.6 Å². The molecule has 0 radical (unpaired) electrons. The number of nitrogens with zero attached hydrogens (tertiary/aromatic N) is 3. The number of aryl methyl sites for hydroxylation is 2. The van der Waals surface area contributed by atoms with E-state index < -0.39 is 6.04 Å². The van der Waals surface area contributed by atoms with E-state index in [1.54, 1.807) is 0 Å². The fourth-order valence-electron chi connectivity index (χ4n) is 3.77. The fourth-order valence-corrected chi connectivity index (χ4v) is 3.77. The van der Waals surface area contributed by atoms with Crippen LogP contribution in [0.3, 0.4) is 0 Å². The Balaban J connectivity index is 1.62. The molecule has 1 atom stereocenters. The van der Waals surface area contributed by atoms with Crippen LogP contribution in [0.25, 0.3) is 0 Å². The molecule has 0 spiro atoms. The smallest absolute Gasteiger partial charge is 0.318 e. The highest BCUT2D eigenvalue weighted by Gasteiger charge is 2.26. The summed E-state index contributed by atoms with van der Waals surface area (Å²) in [5.41, 5.74) is 3.61. The molecule has 1 saturated heterocycles. The van der Waals surface area contributed by atoms with Crippen LogP contribution in [0.2, 0.25) is 0 Å². The van der Waals surface area contributed by atoms with Gasteiger partial charge in [0.1, 0.15) is 6.04 Å². The number of amides is 1. The third-order valence-corrected chi connectivity index (χ3v) is 5.34. The Morgan fingerprint density at radius 2 is 1.79 bits per heavy atom. The number of hydrogen-bond acceptors (Lipinski definition) is 5. The predicted molar refractivity (Wildman–Crippen MR) is 112 cm³/mol. The minimum atomic E-state index is -0.504. The van der Waals surface area contributed by atoms with Crippen LogP contribution in [-0.2, 0) is 0 Å². The lowest BCUT2D eigenvalue weighted by Gasteiger charge is -2.24. The van der Waals surface area contributed by atoms with Crippen LogP contribution in [0.1, 0.15) is 58.2 Å². The summed E-state index contributed by atoms with van der Waals surface area (Å²) in [6.45, 7) is 5.81. The van der Waals surface area contributed by atoms with Crippen molar-refractivity contribution in [1.82, 2.24) is 15.5 Å². The Hall–Kier alpha value is -3.15. The van der Waals surface area contributed by atoms with E-state index in [4.69, 9.17) is 4.42 Å². The second-order valence-corrected chi connectivity index (χ2v) is 7.61. The number of carbonyl (C=O) groups is 1.